The zero-order chi connectivity index (χ0) is 31.0. The standard InChI is InChI=1S/C28H22FN7O7/c1-12(14-3-5-15(6-4-14)27(42)43)33-26(41)19-9-18(35-28-32-11-20(37)36(19)28)25(40)31-10-13-2-7-16(29)17(8-13)34-22-21(30)23(38)24(22)39/h2-9,11-12,34,37H,10,30H2,1H3,(H,31,40)(H,33,41)(H,42,43)/t12-/m1/s1. The SMILES string of the molecule is C[C@@H](NC(=O)c1cc(C(=O)NCc2ccc(F)c(Nc3c(N)c(=O)c3=O)c2)nc2ncc(O)n12)c1ccc(C(=O)O)cc1. The number of anilines is 3. The van der Waals surface area contributed by atoms with Crippen LogP contribution >= 0.6 is 0 Å². The van der Waals surface area contributed by atoms with Crippen LogP contribution in [0.2, 0.25) is 0 Å². The van der Waals surface area contributed by atoms with Gasteiger partial charge >= 0.3 is 5.97 Å². The third kappa shape index (κ3) is 5.46. The molecule has 1 atom stereocenters. The number of hydrogen-bond donors (Lipinski definition) is 6. The molecule has 7 N–H and O–H groups in total. The second-order valence-electron chi connectivity index (χ2n) is 9.47. The van der Waals surface area contributed by atoms with Crippen molar-refractivity contribution in [1.29, 1.82) is 0 Å². The Labute approximate surface area is 240 Å². The van der Waals surface area contributed by atoms with E-state index in [1.165, 1.54) is 24.3 Å². The zero-order valence-corrected chi connectivity index (χ0v) is 22.2. The number of carboxylic acid groups (broad SMARTS) is 1. The molecule has 5 aromatic rings. The van der Waals surface area contributed by atoms with Gasteiger partial charge in [0.1, 0.15) is 28.6 Å². The van der Waals surface area contributed by atoms with Gasteiger partial charge in [0.2, 0.25) is 11.7 Å². The number of rotatable bonds is 9. The zero-order valence-electron chi connectivity index (χ0n) is 22.2. The molecular weight excluding hydrogens is 565 g/mol. The fourth-order valence-corrected chi connectivity index (χ4v) is 4.25. The highest BCUT2D eigenvalue weighted by Gasteiger charge is 2.22. The second kappa shape index (κ2) is 11.0. The van der Waals surface area contributed by atoms with Gasteiger partial charge in [0.05, 0.1) is 23.5 Å². The predicted octanol–water partition coefficient (Wildman–Crippen LogP) is 1.61. The predicted molar refractivity (Wildman–Crippen MR) is 151 cm³/mol. The van der Waals surface area contributed by atoms with Gasteiger partial charge in [-0.05, 0) is 48.4 Å². The molecule has 0 saturated carbocycles. The lowest BCUT2D eigenvalue weighted by atomic mass is 10.1. The number of carboxylic acids is 1. The van der Waals surface area contributed by atoms with Crippen LogP contribution in [0.5, 0.6) is 5.88 Å². The maximum atomic E-state index is 14.3. The largest absolute Gasteiger partial charge is 0.493 e. The molecule has 0 radical (unpaired) electrons. The molecule has 0 fully saturated rings. The Morgan fingerprint density at radius 2 is 1.77 bits per heavy atom. The van der Waals surface area contributed by atoms with Crippen LogP contribution in [-0.4, -0.2) is 42.4 Å². The van der Waals surface area contributed by atoms with Gasteiger partial charge in [0.25, 0.3) is 22.7 Å². The first-order chi connectivity index (χ1) is 20.4. The van der Waals surface area contributed by atoms with Crippen molar-refractivity contribution in [3.05, 3.63) is 109 Å². The van der Waals surface area contributed by atoms with Crippen LogP contribution < -0.4 is 32.5 Å². The Morgan fingerprint density at radius 3 is 2.44 bits per heavy atom. The fraction of sp³-hybridized carbons (Fsp3) is 0.107. The number of nitrogens with two attached hydrogens (primary N) is 1. The molecule has 15 heteroatoms. The van der Waals surface area contributed by atoms with Crippen LogP contribution in [0.15, 0.2) is 64.3 Å². The monoisotopic (exact) mass is 587 g/mol. The topological polar surface area (TPSA) is 218 Å². The molecule has 0 aliphatic carbocycles. The molecular formula is C28H22FN7O7. The molecule has 2 heterocycles. The van der Waals surface area contributed by atoms with Crippen LogP contribution in [0, 0.1) is 5.82 Å². The number of aromatic carboxylic acids is 1. The van der Waals surface area contributed by atoms with Crippen LogP contribution in [0.4, 0.5) is 21.5 Å². The number of imidazole rings is 1. The summed E-state index contributed by atoms with van der Waals surface area (Å²) in [6, 6.07) is 10.3. The van der Waals surface area contributed by atoms with Crippen molar-refractivity contribution >= 4 is 40.6 Å². The summed E-state index contributed by atoms with van der Waals surface area (Å²) in [7, 11) is 0. The minimum atomic E-state index is -1.09. The van der Waals surface area contributed by atoms with Gasteiger partial charge in [-0.1, -0.05) is 18.2 Å². The van der Waals surface area contributed by atoms with Crippen molar-refractivity contribution in [2.45, 2.75) is 19.5 Å². The smallest absolute Gasteiger partial charge is 0.335 e. The van der Waals surface area contributed by atoms with Gasteiger partial charge in [0, 0.05) is 6.54 Å². The highest BCUT2D eigenvalue weighted by Crippen LogP contribution is 2.23. The number of carbonyl (C=O) groups is 3. The number of nitrogens with one attached hydrogen (secondary N) is 3. The summed E-state index contributed by atoms with van der Waals surface area (Å²) in [4.78, 5) is 68.5. The van der Waals surface area contributed by atoms with E-state index in [1.807, 2.05) is 0 Å². The lowest BCUT2D eigenvalue weighted by molar-refractivity contribution is 0.0696. The Kier molecular flexibility index (Phi) is 7.29. The molecule has 0 aliphatic heterocycles. The summed E-state index contributed by atoms with van der Waals surface area (Å²) in [5, 5.41) is 27.2. The molecule has 14 nitrogen and oxygen atoms in total. The Morgan fingerprint density at radius 1 is 1.05 bits per heavy atom. The molecule has 0 spiro atoms. The first-order valence-corrected chi connectivity index (χ1v) is 12.6. The Hall–Kier alpha value is -6.12. The number of carbonyl (C=O) groups excluding carboxylic acids is 2. The molecule has 0 unspecified atom stereocenters. The third-order valence-corrected chi connectivity index (χ3v) is 6.62. The molecule has 0 aliphatic rings. The van der Waals surface area contributed by atoms with Crippen molar-refractivity contribution in [3.8, 4) is 5.88 Å². The number of nitrogens with zero attached hydrogens (tertiary/aromatic N) is 3. The van der Waals surface area contributed by atoms with E-state index in [0.717, 1.165) is 22.7 Å². The number of benzene rings is 2. The van der Waals surface area contributed by atoms with Gasteiger partial charge < -0.3 is 31.9 Å². The van der Waals surface area contributed by atoms with Crippen LogP contribution in [0.25, 0.3) is 5.78 Å². The van der Waals surface area contributed by atoms with Gasteiger partial charge in [0.15, 0.2) is 0 Å². The number of aromatic nitrogens is 3. The molecule has 5 rings (SSSR count). The molecule has 0 saturated heterocycles. The number of hydrogen-bond acceptors (Lipinski definition) is 10. The maximum absolute atomic E-state index is 14.3. The van der Waals surface area contributed by atoms with E-state index in [1.54, 1.807) is 19.1 Å². The minimum absolute atomic E-state index is 0.0808. The second-order valence-corrected chi connectivity index (χ2v) is 9.47. The maximum Gasteiger partial charge on any atom is 0.335 e. The highest BCUT2D eigenvalue weighted by atomic mass is 19.1. The molecule has 2 aromatic heterocycles. The first kappa shape index (κ1) is 28.4. The summed E-state index contributed by atoms with van der Waals surface area (Å²) in [5.74, 6) is -3.75. The number of halogens is 1. The fourth-order valence-electron chi connectivity index (χ4n) is 4.25. The van der Waals surface area contributed by atoms with Gasteiger partial charge in [-0.15, -0.1) is 0 Å². The summed E-state index contributed by atoms with van der Waals surface area (Å²) < 4.78 is 15.4. The lowest BCUT2D eigenvalue weighted by Crippen LogP contribution is -2.36. The lowest BCUT2D eigenvalue weighted by Gasteiger charge is -2.16. The normalized spacial score (nSPS) is 11.8. The molecule has 3 aromatic carbocycles. The van der Waals surface area contributed by atoms with Crippen molar-refractivity contribution in [1.82, 2.24) is 25.0 Å². The van der Waals surface area contributed by atoms with E-state index in [-0.39, 0.29) is 46.3 Å². The van der Waals surface area contributed by atoms with Crippen molar-refractivity contribution in [2.75, 3.05) is 11.1 Å². The summed E-state index contributed by atoms with van der Waals surface area (Å²) in [6.07, 6.45) is 1.06. The average molecular weight is 588 g/mol. The van der Waals surface area contributed by atoms with Gasteiger partial charge in [-0.25, -0.2) is 23.6 Å². The van der Waals surface area contributed by atoms with Crippen molar-refractivity contribution < 1.29 is 29.0 Å². The molecule has 43 heavy (non-hydrogen) atoms. The van der Waals surface area contributed by atoms with E-state index in [4.69, 9.17) is 10.8 Å². The van der Waals surface area contributed by atoms with Gasteiger partial charge in [-0.2, -0.15) is 0 Å². The van der Waals surface area contributed by atoms with Crippen LogP contribution in [0.1, 0.15) is 55.4 Å². The van der Waals surface area contributed by atoms with Crippen LogP contribution in [0.3, 0.4) is 0 Å². The Balaban J connectivity index is 1.34. The van der Waals surface area contributed by atoms with Crippen molar-refractivity contribution in [2.24, 2.45) is 0 Å². The molecule has 0 bridgehead atoms. The number of nitrogen functional groups attached to an aromatic ring is 1. The van der Waals surface area contributed by atoms with Crippen molar-refractivity contribution in [3.63, 3.8) is 0 Å². The average Bonchev–Trinajstić information content (AvgIpc) is 3.38. The third-order valence-electron chi connectivity index (χ3n) is 6.62. The quantitative estimate of drug-likeness (QED) is 0.136. The molecule has 218 valence electrons. The van der Waals surface area contributed by atoms with E-state index < -0.39 is 46.4 Å². The molecule has 2 amide bonds. The Bertz CT molecular complexity index is 2000. The van der Waals surface area contributed by atoms with E-state index >= 15 is 0 Å². The number of aromatic hydroxyl groups is 1. The number of amides is 2. The number of fused-ring (bicyclic) bond motifs is 1. The van der Waals surface area contributed by atoms with E-state index in [2.05, 4.69) is 25.9 Å². The van der Waals surface area contributed by atoms with Crippen LogP contribution in [-0.2, 0) is 6.54 Å². The first-order valence-electron chi connectivity index (χ1n) is 12.6. The summed E-state index contributed by atoms with van der Waals surface area (Å²) in [5.41, 5.74) is 3.84. The summed E-state index contributed by atoms with van der Waals surface area (Å²) in [6.45, 7) is 1.55. The highest BCUT2D eigenvalue weighted by molar-refractivity contribution is 5.98. The van der Waals surface area contributed by atoms with E-state index in [0.29, 0.717) is 11.1 Å². The minimum Gasteiger partial charge on any atom is -0.493 e. The van der Waals surface area contributed by atoms with Gasteiger partial charge in [-0.3, -0.25) is 19.2 Å². The van der Waals surface area contributed by atoms with E-state index in [9.17, 15) is 33.5 Å². The summed E-state index contributed by atoms with van der Waals surface area (Å²) >= 11 is 0.